The molecular weight excluding hydrogens is 641 g/mol. The van der Waals surface area contributed by atoms with Crippen molar-refractivity contribution in [1.29, 1.82) is 0 Å². The molecule has 0 aliphatic carbocycles. The third-order valence-electron chi connectivity index (χ3n) is 9.95. The van der Waals surface area contributed by atoms with E-state index in [0.717, 1.165) is 83.9 Å². The second kappa shape index (κ2) is 12.3. The number of anilines is 4. The van der Waals surface area contributed by atoms with E-state index in [0.29, 0.717) is 22.7 Å². The highest BCUT2D eigenvalue weighted by Gasteiger charge is 2.26. The number of rotatable bonds is 4. The van der Waals surface area contributed by atoms with Gasteiger partial charge in [0.05, 0.1) is 17.3 Å². The van der Waals surface area contributed by atoms with Gasteiger partial charge in [-0.1, -0.05) is 72.8 Å². The predicted molar refractivity (Wildman–Crippen MR) is 213 cm³/mol. The summed E-state index contributed by atoms with van der Waals surface area (Å²) in [7, 11) is 0. The molecule has 0 amide bonds. The quantitative estimate of drug-likeness (QED) is 0.107. The number of aromatic nitrogens is 3. The van der Waals surface area contributed by atoms with E-state index < -0.39 is 0 Å². The Kier molecular flexibility index (Phi) is 7.29. The largest absolute Gasteiger partial charge is 0.398 e. The molecule has 11 N–H and O–H groups in total. The summed E-state index contributed by atoms with van der Waals surface area (Å²) in [6.45, 7) is 0. The number of fused-ring (bicyclic) bond motifs is 7. The molecule has 52 heavy (non-hydrogen) atoms. The number of allylic oxidation sites excluding steroid dienone is 2. The van der Waals surface area contributed by atoms with Crippen LogP contribution in [0, 0.1) is 0 Å². The van der Waals surface area contributed by atoms with Gasteiger partial charge in [0.1, 0.15) is 0 Å². The molecule has 4 aromatic carbocycles. The molecule has 8 nitrogen and oxygen atoms in total. The van der Waals surface area contributed by atoms with Gasteiger partial charge in [0.25, 0.3) is 0 Å². The van der Waals surface area contributed by atoms with Crippen LogP contribution in [0.25, 0.3) is 16.7 Å². The molecule has 2 aliphatic heterocycles. The number of aliphatic imine (C=N–C) groups is 1. The second-order valence-electron chi connectivity index (χ2n) is 13.1. The smallest absolute Gasteiger partial charge is 0.0738 e. The molecule has 0 saturated heterocycles. The monoisotopic (exact) mass is 676 g/mol. The molecule has 3 aromatic heterocycles. The standard InChI is InChI=1S/C44H36N8/c45-29-13-5-1-9-25(29)41-33-17-19-35(49-33)42(26-10-2-6-14-30(26)46)37-21-23-39(51-37)44(28-12-4-8-16-32(28)48)40-24-22-38(52-40)43(36-20-18-34(41)50-36)27-11-3-7-15-31(27)47/h1-24,41,49-51H,45-48H2. The number of hydrogen-bond donors (Lipinski definition) is 7. The molecule has 0 spiro atoms. The first kappa shape index (κ1) is 30.8. The van der Waals surface area contributed by atoms with Crippen molar-refractivity contribution >= 4 is 45.2 Å². The van der Waals surface area contributed by atoms with Gasteiger partial charge in [0.15, 0.2) is 0 Å². The van der Waals surface area contributed by atoms with Crippen molar-refractivity contribution < 1.29 is 0 Å². The molecule has 252 valence electrons. The van der Waals surface area contributed by atoms with E-state index in [1.807, 2.05) is 103 Å². The van der Waals surface area contributed by atoms with Crippen LogP contribution in [0.5, 0.6) is 0 Å². The van der Waals surface area contributed by atoms with E-state index in [9.17, 15) is 0 Å². The summed E-state index contributed by atoms with van der Waals surface area (Å²) in [5, 5.41) is 1.75. The Hall–Kier alpha value is -7.19. The normalized spacial score (nSPS) is 15.3. The average molecular weight is 677 g/mol. The molecule has 0 fully saturated rings. The van der Waals surface area contributed by atoms with Crippen molar-refractivity contribution in [3.8, 4) is 0 Å². The fourth-order valence-electron chi connectivity index (χ4n) is 7.51. The zero-order chi connectivity index (χ0) is 35.3. The summed E-state index contributed by atoms with van der Waals surface area (Å²) in [5.41, 5.74) is 41.0. The van der Waals surface area contributed by atoms with E-state index in [4.69, 9.17) is 27.9 Å². The van der Waals surface area contributed by atoms with Crippen LogP contribution in [0.2, 0.25) is 0 Å². The van der Waals surface area contributed by atoms with Gasteiger partial charge in [0, 0.05) is 89.6 Å². The van der Waals surface area contributed by atoms with Crippen LogP contribution in [0.3, 0.4) is 0 Å². The van der Waals surface area contributed by atoms with Crippen molar-refractivity contribution in [1.82, 2.24) is 15.0 Å². The van der Waals surface area contributed by atoms with Gasteiger partial charge >= 0.3 is 0 Å². The first-order valence-corrected chi connectivity index (χ1v) is 17.2. The topological polar surface area (TPSA) is 164 Å². The number of nitrogens with zero attached hydrogens (tertiary/aromatic N) is 1. The van der Waals surface area contributed by atoms with Crippen molar-refractivity contribution in [2.45, 2.75) is 5.92 Å². The fourth-order valence-corrected chi connectivity index (χ4v) is 7.51. The van der Waals surface area contributed by atoms with E-state index in [1.54, 1.807) is 0 Å². The summed E-state index contributed by atoms with van der Waals surface area (Å²) in [6.07, 6.45) is 4.09. The number of para-hydroxylation sites is 4. The molecule has 9 rings (SSSR count). The average Bonchev–Trinajstić information content (AvgIpc) is 3.99. The number of nitrogens with two attached hydrogens (primary N) is 4. The molecule has 8 heteroatoms. The minimum atomic E-state index is -0.247. The zero-order valence-corrected chi connectivity index (χ0v) is 28.2. The van der Waals surface area contributed by atoms with Crippen molar-refractivity contribution in [2.75, 3.05) is 22.9 Å². The van der Waals surface area contributed by atoms with Gasteiger partial charge in [-0.05, 0) is 78.4 Å². The molecule has 1 unspecified atom stereocenters. The lowest BCUT2D eigenvalue weighted by atomic mass is 9.91. The highest BCUT2D eigenvalue weighted by Crippen LogP contribution is 2.39. The number of nitrogens with one attached hydrogen (secondary N) is 3. The molecule has 0 saturated carbocycles. The van der Waals surface area contributed by atoms with Gasteiger partial charge < -0.3 is 37.9 Å². The van der Waals surface area contributed by atoms with Crippen LogP contribution in [0.1, 0.15) is 50.9 Å². The summed E-state index contributed by atoms with van der Waals surface area (Å²) < 4.78 is 0. The van der Waals surface area contributed by atoms with Crippen LogP contribution in [0.4, 0.5) is 22.7 Å². The number of benzene rings is 4. The highest BCUT2D eigenvalue weighted by molar-refractivity contribution is 6.31. The Labute approximate surface area is 300 Å². The lowest BCUT2D eigenvalue weighted by molar-refractivity contribution is 0.896. The van der Waals surface area contributed by atoms with Gasteiger partial charge in [-0.3, -0.25) is 0 Å². The lowest BCUT2D eigenvalue weighted by Crippen LogP contribution is -2.20. The van der Waals surface area contributed by atoms with Gasteiger partial charge in [0.2, 0.25) is 0 Å². The number of hydrogen-bond acceptors (Lipinski definition) is 5. The van der Waals surface area contributed by atoms with E-state index in [2.05, 4.69) is 57.4 Å². The maximum atomic E-state index is 6.70. The van der Waals surface area contributed by atoms with E-state index in [1.165, 1.54) is 0 Å². The van der Waals surface area contributed by atoms with Crippen molar-refractivity contribution in [3.05, 3.63) is 207 Å². The maximum Gasteiger partial charge on any atom is 0.0738 e. The molecule has 7 aromatic rings. The highest BCUT2D eigenvalue weighted by atomic mass is 14.8. The number of aromatic amines is 3. The van der Waals surface area contributed by atoms with Gasteiger partial charge in [-0.15, -0.1) is 0 Å². The van der Waals surface area contributed by atoms with Gasteiger partial charge in [-0.25, -0.2) is 4.99 Å². The molecular formula is C44H36N8. The third-order valence-corrected chi connectivity index (χ3v) is 9.95. The van der Waals surface area contributed by atoms with Crippen molar-refractivity contribution in [2.24, 2.45) is 4.99 Å². The van der Waals surface area contributed by atoms with Crippen LogP contribution >= 0.6 is 0 Å². The molecule has 8 bridgehead atoms. The minimum Gasteiger partial charge on any atom is -0.398 e. The minimum absolute atomic E-state index is 0.247. The molecule has 1 atom stereocenters. The number of H-pyrrole nitrogens is 3. The first-order valence-electron chi connectivity index (χ1n) is 17.2. The van der Waals surface area contributed by atoms with Gasteiger partial charge in [-0.2, -0.15) is 0 Å². The maximum absolute atomic E-state index is 6.70. The van der Waals surface area contributed by atoms with Crippen LogP contribution in [0.15, 0.2) is 156 Å². The Bertz CT molecular complexity index is 2750. The Morgan fingerprint density at radius 3 is 1.48 bits per heavy atom. The summed E-state index contributed by atoms with van der Waals surface area (Å²) in [6, 6.07) is 44.3. The van der Waals surface area contributed by atoms with Crippen LogP contribution in [-0.2, 0) is 0 Å². The summed E-state index contributed by atoms with van der Waals surface area (Å²) in [5.74, 6) is -0.247. The second-order valence-corrected chi connectivity index (χ2v) is 13.1. The van der Waals surface area contributed by atoms with E-state index in [-0.39, 0.29) is 5.92 Å². The molecule has 0 radical (unpaired) electrons. The summed E-state index contributed by atoms with van der Waals surface area (Å²) >= 11 is 0. The Morgan fingerprint density at radius 1 is 0.423 bits per heavy atom. The molecule has 5 heterocycles. The van der Waals surface area contributed by atoms with E-state index >= 15 is 0 Å². The van der Waals surface area contributed by atoms with Crippen LogP contribution in [-0.4, -0.2) is 20.7 Å². The number of nitrogen functional groups attached to an aromatic ring is 4. The Balaban J connectivity index is 1.43. The lowest BCUT2D eigenvalue weighted by Gasteiger charge is -2.18. The third kappa shape index (κ3) is 5.13. The summed E-state index contributed by atoms with van der Waals surface area (Å²) in [4.78, 5) is 16.6. The SMILES string of the molecule is Nc1ccccc1C1=C2C=CC(=N2)C(c2ccccc2N)=c2ccc([nH]2)=C(c2ccccc2N)c2ccc([nH]2)C(c2ccccc2N)c2ccc1[nH]2. The predicted octanol–water partition coefficient (Wildman–Crippen LogP) is 6.41. The fraction of sp³-hybridized carbons (Fsp3) is 0.0227. The zero-order valence-electron chi connectivity index (χ0n) is 28.2. The Morgan fingerprint density at radius 2 is 0.904 bits per heavy atom. The molecule has 2 aliphatic rings. The first-order chi connectivity index (χ1) is 25.4. The van der Waals surface area contributed by atoms with Crippen molar-refractivity contribution in [3.63, 3.8) is 0 Å². The van der Waals surface area contributed by atoms with Crippen LogP contribution < -0.4 is 33.6 Å².